The molecule has 2 saturated heterocycles. The van der Waals surface area contributed by atoms with Gasteiger partial charge in [0.05, 0.1) is 13.0 Å². The predicted molar refractivity (Wildman–Crippen MR) is 160 cm³/mol. The molecule has 2 fully saturated rings. The summed E-state index contributed by atoms with van der Waals surface area (Å²) in [4.78, 5) is 54.7. The molecule has 10 heteroatoms. The van der Waals surface area contributed by atoms with Crippen LogP contribution in [0.15, 0.2) is 102 Å². The number of carbonyl (C=O) groups excluding carboxylic acids is 4. The number of rotatable bonds is 9. The molecular weight excluding hydrogens is 572 g/mol. The molecule has 0 aromatic heterocycles. The number of β-lactam (4-membered cyclic amide) rings is 1. The van der Waals surface area contributed by atoms with Crippen LogP contribution in [0.25, 0.3) is 0 Å². The molecule has 3 aromatic carbocycles. The summed E-state index contributed by atoms with van der Waals surface area (Å²) in [6, 6.07) is 27.4. The molecule has 0 radical (unpaired) electrons. The van der Waals surface area contributed by atoms with Crippen molar-refractivity contribution in [1.29, 1.82) is 0 Å². The quantitative estimate of drug-likeness (QED) is 0.288. The van der Waals surface area contributed by atoms with E-state index in [2.05, 4.69) is 5.32 Å². The highest BCUT2D eigenvalue weighted by Crippen LogP contribution is 2.46. The zero-order valence-electron chi connectivity index (χ0n) is 22.5. The lowest BCUT2D eigenvalue weighted by Crippen LogP contribution is -2.70. The summed E-state index contributed by atoms with van der Waals surface area (Å²) in [7, 11) is 0. The van der Waals surface area contributed by atoms with Gasteiger partial charge in [0, 0.05) is 17.1 Å². The van der Waals surface area contributed by atoms with Crippen molar-refractivity contribution in [3.63, 3.8) is 0 Å². The van der Waals surface area contributed by atoms with Crippen molar-refractivity contribution < 1.29 is 28.7 Å². The summed E-state index contributed by atoms with van der Waals surface area (Å²) in [6.07, 6.45) is -0.0412. The summed E-state index contributed by atoms with van der Waals surface area (Å²) >= 11 is 2.70. The van der Waals surface area contributed by atoms with E-state index in [0.29, 0.717) is 23.7 Å². The second-order valence-corrected chi connectivity index (χ2v) is 12.5. The fraction of sp³-hybridized carbons (Fsp3) is 0.250. The Labute approximate surface area is 251 Å². The molecule has 6 rings (SSSR count). The Morgan fingerprint density at radius 1 is 0.952 bits per heavy atom. The Balaban J connectivity index is 1.27. The van der Waals surface area contributed by atoms with E-state index in [1.165, 1.54) is 28.4 Å². The second-order valence-electron chi connectivity index (χ2n) is 10.1. The van der Waals surface area contributed by atoms with Crippen LogP contribution in [-0.4, -0.2) is 57.7 Å². The average molecular weight is 601 g/mol. The molecule has 3 aliphatic heterocycles. The average Bonchev–Trinajstić information content (AvgIpc) is 3.43. The van der Waals surface area contributed by atoms with E-state index in [0.717, 1.165) is 16.7 Å². The SMILES string of the molecule is O=C(Cc1ccccc1)N[C@@H]1C(=O)N2C(C(=O)OC(c3ccccc3)c3ccccc3)=C(SC3CCOC3=O)CS[C@@H]12. The third-order valence-electron chi connectivity index (χ3n) is 7.25. The Kier molecular flexibility index (Phi) is 8.34. The van der Waals surface area contributed by atoms with Crippen LogP contribution in [0.2, 0.25) is 0 Å². The van der Waals surface area contributed by atoms with Gasteiger partial charge in [-0.15, -0.1) is 23.5 Å². The number of fused-ring (bicyclic) bond motifs is 1. The Morgan fingerprint density at radius 2 is 1.57 bits per heavy atom. The largest absolute Gasteiger partial charge is 0.465 e. The number of hydrogen-bond acceptors (Lipinski definition) is 8. The third-order valence-corrected chi connectivity index (χ3v) is 10.0. The van der Waals surface area contributed by atoms with Crippen LogP contribution in [0.1, 0.15) is 29.2 Å². The summed E-state index contributed by atoms with van der Waals surface area (Å²) in [6.45, 7) is 0.321. The molecule has 0 saturated carbocycles. The molecule has 8 nitrogen and oxygen atoms in total. The number of nitrogens with one attached hydrogen (secondary N) is 1. The lowest BCUT2D eigenvalue weighted by atomic mass is 10.0. The molecule has 3 aliphatic rings. The molecule has 2 amide bonds. The third kappa shape index (κ3) is 5.82. The van der Waals surface area contributed by atoms with E-state index in [1.54, 1.807) is 0 Å². The van der Waals surface area contributed by atoms with Gasteiger partial charge in [-0.3, -0.25) is 19.3 Å². The van der Waals surface area contributed by atoms with Crippen LogP contribution in [0.4, 0.5) is 0 Å². The molecule has 0 aliphatic carbocycles. The number of esters is 2. The smallest absolute Gasteiger partial charge is 0.356 e. The fourth-order valence-corrected chi connectivity index (χ4v) is 7.87. The normalized spacial score (nSPS) is 21.5. The maximum Gasteiger partial charge on any atom is 0.356 e. The number of ether oxygens (including phenoxy) is 2. The van der Waals surface area contributed by atoms with Gasteiger partial charge in [0.1, 0.15) is 22.4 Å². The van der Waals surface area contributed by atoms with Gasteiger partial charge in [-0.25, -0.2) is 4.79 Å². The molecular formula is C32H28N2O6S2. The molecule has 1 N–H and O–H groups in total. The van der Waals surface area contributed by atoms with Gasteiger partial charge >= 0.3 is 11.9 Å². The standard InChI is InChI=1S/C32H28N2O6S2/c35-25(18-20-10-4-1-5-11-20)33-26-29(36)34-27(24(19-41-30(26)34)42-23-16-17-39-31(23)37)32(38)40-28(21-12-6-2-7-13-21)22-14-8-3-9-15-22/h1-15,23,26,28,30H,16-19H2,(H,33,35)/t23?,26-,30+/m1/s1. The lowest BCUT2D eigenvalue weighted by molar-refractivity contribution is -0.154. The van der Waals surface area contributed by atoms with Crippen LogP contribution < -0.4 is 5.32 Å². The van der Waals surface area contributed by atoms with Crippen LogP contribution in [0, 0.1) is 0 Å². The number of amides is 2. The zero-order chi connectivity index (χ0) is 29.1. The number of hydrogen-bond donors (Lipinski definition) is 1. The van der Waals surface area contributed by atoms with Crippen LogP contribution in [0.5, 0.6) is 0 Å². The Morgan fingerprint density at radius 3 is 2.17 bits per heavy atom. The van der Waals surface area contributed by atoms with Crippen molar-refractivity contribution in [3.8, 4) is 0 Å². The summed E-state index contributed by atoms with van der Waals surface area (Å²) in [5.41, 5.74) is 2.54. The number of carbonyl (C=O) groups is 4. The maximum atomic E-state index is 14.0. The minimum atomic E-state index is -0.768. The molecule has 214 valence electrons. The highest BCUT2D eigenvalue weighted by molar-refractivity contribution is 8.07. The monoisotopic (exact) mass is 600 g/mol. The Hall–Kier alpha value is -4.02. The van der Waals surface area contributed by atoms with E-state index in [1.807, 2.05) is 91.0 Å². The van der Waals surface area contributed by atoms with Gasteiger partial charge in [0.2, 0.25) is 5.91 Å². The molecule has 3 aromatic rings. The van der Waals surface area contributed by atoms with Crippen molar-refractivity contribution in [2.75, 3.05) is 12.4 Å². The highest BCUT2D eigenvalue weighted by atomic mass is 32.2. The molecule has 0 spiro atoms. The van der Waals surface area contributed by atoms with Gasteiger partial charge in [0.25, 0.3) is 5.91 Å². The summed E-state index contributed by atoms with van der Waals surface area (Å²) < 4.78 is 11.3. The van der Waals surface area contributed by atoms with Crippen LogP contribution in [-0.2, 0) is 35.1 Å². The number of thioether (sulfide) groups is 2. The fourth-order valence-electron chi connectivity index (χ4n) is 5.18. The summed E-state index contributed by atoms with van der Waals surface area (Å²) in [5, 5.41) is 1.93. The van der Waals surface area contributed by atoms with Crippen LogP contribution in [0.3, 0.4) is 0 Å². The Bertz CT molecular complexity index is 1480. The number of cyclic esters (lactones) is 1. The number of benzene rings is 3. The first-order chi connectivity index (χ1) is 20.5. The van der Waals surface area contributed by atoms with Crippen molar-refractivity contribution in [1.82, 2.24) is 10.2 Å². The van der Waals surface area contributed by atoms with Gasteiger partial charge < -0.3 is 14.8 Å². The zero-order valence-corrected chi connectivity index (χ0v) is 24.1. The topological polar surface area (TPSA) is 102 Å². The molecule has 1 unspecified atom stereocenters. The van der Waals surface area contributed by atoms with E-state index in [-0.39, 0.29) is 29.9 Å². The first-order valence-corrected chi connectivity index (χ1v) is 15.6. The highest BCUT2D eigenvalue weighted by Gasteiger charge is 2.55. The van der Waals surface area contributed by atoms with E-state index in [9.17, 15) is 19.2 Å². The second kappa shape index (κ2) is 12.5. The van der Waals surface area contributed by atoms with Gasteiger partial charge in [-0.05, 0) is 16.7 Å². The molecule has 0 bridgehead atoms. The van der Waals surface area contributed by atoms with Gasteiger partial charge in [0.15, 0.2) is 6.10 Å². The van der Waals surface area contributed by atoms with E-state index >= 15 is 0 Å². The van der Waals surface area contributed by atoms with Crippen molar-refractivity contribution in [2.45, 2.75) is 35.6 Å². The maximum absolute atomic E-state index is 14.0. The summed E-state index contributed by atoms with van der Waals surface area (Å²) in [5.74, 6) is -1.26. The van der Waals surface area contributed by atoms with Crippen molar-refractivity contribution in [2.24, 2.45) is 0 Å². The molecule has 3 atom stereocenters. The lowest BCUT2D eigenvalue weighted by Gasteiger charge is -2.49. The van der Waals surface area contributed by atoms with E-state index < -0.39 is 28.7 Å². The minimum Gasteiger partial charge on any atom is -0.465 e. The van der Waals surface area contributed by atoms with Crippen molar-refractivity contribution >= 4 is 47.3 Å². The van der Waals surface area contributed by atoms with Crippen molar-refractivity contribution in [3.05, 3.63) is 118 Å². The van der Waals surface area contributed by atoms with Gasteiger partial charge in [-0.2, -0.15) is 0 Å². The molecule has 3 heterocycles. The molecule has 42 heavy (non-hydrogen) atoms. The van der Waals surface area contributed by atoms with Crippen LogP contribution >= 0.6 is 23.5 Å². The minimum absolute atomic E-state index is 0.124. The van der Waals surface area contributed by atoms with E-state index in [4.69, 9.17) is 9.47 Å². The number of nitrogens with zero attached hydrogens (tertiary/aromatic N) is 1. The first kappa shape index (κ1) is 28.1. The van der Waals surface area contributed by atoms with Gasteiger partial charge in [-0.1, -0.05) is 91.0 Å². The first-order valence-electron chi connectivity index (χ1n) is 13.6. The predicted octanol–water partition coefficient (Wildman–Crippen LogP) is 4.22.